The van der Waals surface area contributed by atoms with Gasteiger partial charge in [0.15, 0.2) is 0 Å². The second-order valence-corrected chi connectivity index (χ2v) is 7.88. The zero-order valence-corrected chi connectivity index (χ0v) is 16.3. The first kappa shape index (κ1) is 18.5. The Hall–Kier alpha value is -2.83. The minimum absolute atomic E-state index is 0.0143. The minimum Gasteiger partial charge on any atom is -0.348 e. The van der Waals surface area contributed by atoms with Crippen LogP contribution in [0.15, 0.2) is 30.5 Å². The third-order valence-corrected chi connectivity index (χ3v) is 5.85. The van der Waals surface area contributed by atoms with E-state index in [4.69, 9.17) is 0 Å². The van der Waals surface area contributed by atoms with E-state index in [-0.39, 0.29) is 17.9 Å². The fourth-order valence-electron chi connectivity index (χ4n) is 4.47. The second kappa shape index (κ2) is 7.30. The molecule has 146 valence electrons. The number of pyridine rings is 1. The number of hydrogen-bond donors (Lipinski definition) is 1. The number of hydrogen-bond acceptors (Lipinski definition) is 5. The zero-order valence-electron chi connectivity index (χ0n) is 16.3. The molecule has 0 radical (unpaired) electrons. The Labute approximate surface area is 164 Å². The van der Waals surface area contributed by atoms with E-state index in [1.807, 2.05) is 26.0 Å². The van der Waals surface area contributed by atoms with E-state index in [0.29, 0.717) is 30.3 Å². The number of aryl methyl sites for hydroxylation is 2. The number of nitrogens with one attached hydrogen (secondary N) is 1. The monoisotopic (exact) mass is 379 g/mol. The van der Waals surface area contributed by atoms with Gasteiger partial charge in [0.05, 0.1) is 5.41 Å². The van der Waals surface area contributed by atoms with Crippen LogP contribution in [0.1, 0.15) is 54.1 Å². The van der Waals surface area contributed by atoms with Crippen molar-refractivity contribution in [2.45, 2.75) is 52.0 Å². The summed E-state index contributed by atoms with van der Waals surface area (Å²) in [4.78, 5) is 40.5. The lowest BCUT2D eigenvalue weighted by Gasteiger charge is -2.36. The van der Waals surface area contributed by atoms with Crippen molar-refractivity contribution in [2.24, 2.45) is 5.41 Å². The topological polar surface area (TPSA) is 88.1 Å². The van der Waals surface area contributed by atoms with E-state index in [1.165, 1.54) is 0 Å². The highest BCUT2D eigenvalue weighted by molar-refractivity contribution is 5.99. The van der Waals surface area contributed by atoms with Crippen molar-refractivity contribution in [1.82, 2.24) is 20.3 Å². The highest BCUT2D eigenvalue weighted by Gasteiger charge is 2.50. The Kier molecular flexibility index (Phi) is 4.83. The van der Waals surface area contributed by atoms with Gasteiger partial charge in [0, 0.05) is 24.5 Å². The average Bonchev–Trinajstić information content (AvgIpc) is 2.97. The molecule has 0 bridgehead atoms. The molecule has 2 aromatic heterocycles. The number of aromatic nitrogens is 3. The number of rotatable bonds is 3. The molecule has 3 heterocycles. The van der Waals surface area contributed by atoms with Gasteiger partial charge in [-0.05, 0) is 57.7 Å². The summed E-state index contributed by atoms with van der Waals surface area (Å²) < 4.78 is 0. The van der Waals surface area contributed by atoms with Crippen LogP contribution in [0.3, 0.4) is 0 Å². The Balaban J connectivity index is 1.47. The summed E-state index contributed by atoms with van der Waals surface area (Å²) in [5.74, 6) is 1.29. The molecule has 0 aromatic carbocycles. The summed E-state index contributed by atoms with van der Waals surface area (Å²) in [6.07, 6.45) is 5.83. The van der Waals surface area contributed by atoms with E-state index in [9.17, 15) is 9.59 Å². The first-order valence-corrected chi connectivity index (χ1v) is 9.83. The van der Waals surface area contributed by atoms with Gasteiger partial charge in [-0.1, -0.05) is 12.5 Å². The predicted molar refractivity (Wildman–Crippen MR) is 105 cm³/mol. The first-order valence-electron chi connectivity index (χ1n) is 9.83. The van der Waals surface area contributed by atoms with Crippen LogP contribution in [0.4, 0.5) is 5.82 Å². The standard InChI is InChI=1S/C21H25N5O2/c1-14-5-3-7-17(23-14)19(27)25-16-6-4-9-21(13-16)10-12-26(20(21)28)18-8-11-22-15(2)24-18/h3,5,7-8,11,16H,4,6,9-10,12-13H2,1-2H3,(H,25,27)/t16-,21+/m1/s1. The Morgan fingerprint density at radius 2 is 2.07 bits per heavy atom. The number of carbonyl (C=O) groups is 2. The summed E-state index contributed by atoms with van der Waals surface area (Å²) in [6, 6.07) is 7.20. The van der Waals surface area contributed by atoms with Crippen LogP contribution in [-0.4, -0.2) is 39.4 Å². The molecule has 1 saturated carbocycles. The van der Waals surface area contributed by atoms with E-state index >= 15 is 0 Å². The van der Waals surface area contributed by atoms with Crippen LogP contribution in [0.5, 0.6) is 0 Å². The van der Waals surface area contributed by atoms with Crippen LogP contribution in [0.25, 0.3) is 0 Å². The van der Waals surface area contributed by atoms with Gasteiger partial charge in [-0.2, -0.15) is 0 Å². The Morgan fingerprint density at radius 1 is 1.21 bits per heavy atom. The van der Waals surface area contributed by atoms with Gasteiger partial charge in [-0.25, -0.2) is 15.0 Å². The van der Waals surface area contributed by atoms with Gasteiger partial charge in [-0.15, -0.1) is 0 Å². The third-order valence-electron chi connectivity index (χ3n) is 5.85. The molecule has 7 heteroatoms. The molecule has 2 aromatic rings. The quantitative estimate of drug-likeness (QED) is 0.886. The predicted octanol–water partition coefficient (Wildman–Crippen LogP) is 2.58. The maximum atomic E-state index is 13.3. The molecule has 4 rings (SSSR count). The molecule has 1 spiro atoms. The highest BCUT2D eigenvalue weighted by atomic mass is 16.2. The summed E-state index contributed by atoms with van der Waals surface area (Å²) in [7, 11) is 0. The molecule has 2 aliphatic rings. The fourth-order valence-corrected chi connectivity index (χ4v) is 4.47. The number of nitrogens with zero attached hydrogens (tertiary/aromatic N) is 4. The molecule has 1 aliphatic carbocycles. The average molecular weight is 379 g/mol. The normalized spacial score (nSPS) is 24.6. The second-order valence-electron chi connectivity index (χ2n) is 7.88. The lowest BCUT2D eigenvalue weighted by Crippen LogP contribution is -2.46. The van der Waals surface area contributed by atoms with Crippen molar-refractivity contribution in [3.05, 3.63) is 47.7 Å². The largest absolute Gasteiger partial charge is 0.348 e. The molecule has 28 heavy (non-hydrogen) atoms. The minimum atomic E-state index is -0.408. The van der Waals surface area contributed by atoms with Crippen molar-refractivity contribution in [3.63, 3.8) is 0 Å². The Morgan fingerprint density at radius 3 is 2.86 bits per heavy atom. The van der Waals surface area contributed by atoms with Gasteiger partial charge >= 0.3 is 0 Å². The molecule has 7 nitrogen and oxygen atoms in total. The van der Waals surface area contributed by atoms with Gasteiger partial charge < -0.3 is 5.32 Å². The molecule has 2 atom stereocenters. The molecule has 1 saturated heterocycles. The molecule has 1 aliphatic heterocycles. The van der Waals surface area contributed by atoms with Crippen molar-refractivity contribution < 1.29 is 9.59 Å². The van der Waals surface area contributed by atoms with Crippen LogP contribution in [-0.2, 0) is 4.79 Å². The van der Waals surface area contributed by atoms with Crippen LogP contribution >= 0.6 is 0 Å². The molecular weight excluding hydrogens is 354 g/mol. The SMILES string of the molecule is Cc1cccc(C(=O)N[C@@H]2CCC[C@]3(CCN(c4ccnc(C)n4)C3=O)C2)n1. The van der Waals surface area contributed by atoms with E-state index in [0.717, 1.165) is 31.4 Å². The summed E-state index contributed by atoms with van der Waals surface area (Å²) in [5.41, 5.74) is 0.833. The zero-order chi connectivity index (χ0) is 19.7. The van der Waals surface area contributed by atoms with Crippen molar-refractivity contribution >= 4 is 17.6 Å². The van der Waals surface area contributed by atoms with E-state index in [2.05, 4.69) is 20.3 Å². The van der Waals surface area contributed by atoms with Gasteiger partial charge in [0.1, 0.15) is 17.3 Å². The summed E-state index contributed by atoms with van der Waals surface area (Å²) in [6.45, 7) is 4.35. The number of anilines is 1. The lowest BCUT2D eigenvalue weighted by atomic mass is 9.71. The maximum Gasteiger partial charge on any atom is 0.270 e. The molecular formula is C21H25N5O2. The van der Waals surface area contributed by atoms with E-state index in [1.54, 1.807) is 23.2 Å². The van der Waals surface area contributed by atoms with Crippen molar-refractivity contribution in [3.8, 4) is 0 Å². The molecule has 2 amide bonds. The maximum absolute atomic E-state index is 13.3. The molecule has 2 fully saturated rings. The van der Waals surface area contributed by atoms with Crippen molar-refractivity contribution in [1.29, 1.82) is 0 Å². The smallest absolute Gasteiger partial charge is 0.270 e. The molecule has 0 unspecified atom stereocenters. The van der Waals surface area contributed by atoms with Crippen LogP contribution in [0.2, 0.25) is 0 Å². The first-order chi connectivity index (χ1) is 13.5. The third kappa shape index (κ3) is 3.48. The van der Waals surface area contributed by atoms with Gasteiger partial charge in [0.25, 0.3) is 5.91 Å². The highest BCUT2D eigenvalue weighted by Crippen LogP contribution is 2.45. The fraction of sp³-hybridized carbons (Fsp3) is 0.476. The number of carbonyl (C=O) groups excluding carboxylic acids is 2. The van der Waals surface area contributed by atoms with Crippen LogP contribution in [0, 0.1) is 19.3 Å². The summed E-state index contributed by atoms with van der Waals surface area (Å²) >= 11 is 0. The summed E-state index contributed by atoms with van der Waals surface area (Å²) in [5, 5.41) is 3.10. The van der Waals surface area contributed by atoms with Crippen LogP contribution < -0.4 is 10.2 Å². The number of amides is 2. The molecule has 1 N–H and O–H groups in total. The van der Waals surface area contributed by atoms with Crippen molar-refractivity contribution in [2.75, 3.05) is 11.4 Å². The van der Waals surface area contributed by atoms with Gasteiger partial charge in [-0.3, -0.25) is 14.5 Å². The van der Waals surface area contributed by atoms with E-state index < -0.39 is 5.41 Å². The Bertz CT molecular complexity index is 915. The van der Waals surface area contributed by atoms with Gasteiger partial charge in [0.2, 0.25) is 5.91 Å². The lowest BCUT2D eigenvalue weighted by molar-refractivity contribution is -0.127.